The van der Waals surface area contributed by atoms with Crippen LogP contribution in [0.25, 0.3) is 0 Å². The number of carbonyl (C=O) groups excluding carboxylic acids is 2. The van der Waals surface area contributed by atoms with Crippen LogP contribution in [0.2, 0.25) is 0 Å². The number of anilines is 2. The molecule has 2 aromatic rings. The monoisotopic (exact) mass is 316 g/mol. The first-order valence-electron chi connectivity index (χ1n) is 7.13. The average Bonchev–Trinajstić information content (AvgIpc) is 2.53. The summed E-state index contributed by atoms with van der Waals surface area (Å²) in [5.41, 5.74) is 6.19. The zero-order valence-electron chi connectivity index (χ0n) is 12.6. The van der Waals surface area contributed by atoms with Crippen LogP contribution in [0.15, 0.2) is 48.5 Å². The summed E-state index contributed by atoms with van der Waals surface area (Å²) >= 11 is 0. The van der Waals surface area contributed by atoms with Crippen LogP contribution in [0.5, 0.6) is 0 Å². The maximum atomic E-state index is 13.0. The van der Waals surface area contributed by atoms with Crippen molar-refractivity contribution in [1.29, 1.82) is 0 Å². The highest BCUT2D eigenvalue weighted by atomic mass is 19.1. The number of nitrogens with two attached hydrogens (primary N) is 1. The lowest BCUT2D eigenvalue weighted by molar-refractivity contribution is -0.124. The Balaban J connectivity index is 2.06. The highest BCUT2D eigenvalue weighted by Crippen LogP contribution is 2.17. The summed E-state index contributed by atoms with van der Waals surface area (Å²) in [5, 5.41) is 2.67. The minimum Gasteiger partial charge on any atom is -0.449 e. The summed E-state index contributed by atoms with van der Waals surface area (Å²) < 4.78 is 18.2. The second-order valence-electron chi connectivity index (χ2n) is 4.89. The Morgan fingerprint density at radius 2 is 1.91 bits per heavy atom. The number of amides is 1. The van der Waals surface area contributed by atoms with E-state index in [-0.39, 0.29) is 11.3 Å². The Morgan fingerprint density at radius 1 is 1.22 bits per heavy atom. The maximum absolute atomic E-state index is 13.0. The lowest BCUT2D eigenvalue weighted by Crippen LogP contribution is -2.32. The van der Waals surface area contributed by atoms with Gasteiger partial charge in [-0.25, -0.2) is 9.18 Å². The van der Waals surface area contributed by atoms with E-state index in [4.69, 9.17) is 10.5 Å². The molecule has 0 saturated heterocycles. The quantitative estimate of drug-likeness (QED) is 0.656. The predicted molar refractivity (Wildman–Crippen MR) is 85.4 cm³/mol. The third-order valence-electron chi connectivity index (χ3n) is 3.19. The van der Waals surface area contributed by atoms with Crippen molar-refractivity contribution in [2.45, 2.75) is 19.4 Å². The molecule has 0 aliphatic carbocycles. The Hall–Kier alpha value is -2.89. The smallest absolute Gasteiger partial charge is 0.341 e. The van der Waals surface area contributed by atoms with Gasteiger partial charge >= 0.3 is 5.97 Å². The summed E-state index contributed by atoms with van der Waals surface area (Å²) in [7, 11) is 0. The molecule has 1 unspecified atom stereocenters. The van der Waals surface area contributed by atoms with E-state index >= 15 is 0 Å². The molecule has 0 radical (unpaired) electrons. The molecule has 2 aromatic carbocycles. The van der Waals surface area contributed by atoms with Gasteiger partial charge in [0.2, 0.25) is 0 Å². The van der Waals surface area contributed by atoms with E-state index in [0.717, 1.165) is 12.1 Å². The minimum absolute atomic E-state index is 0.0253. The molecule has 0 bridgehead atoms. The molecule has 1 amide bonds. The number of ether oxygens (including phenoxy) is 1. The van der Waals surface area contributed by atoms with Gasteiger partial charge < -0.3 is 15.8 Å². The molecule has 120 valence electrons. The van der Waals surface area contributed by atoms with Crippen molar-refractivity contribution in [3.8, 4) is 0 Å². The summed E-state index contributed by atoms with van der Waals surface area (Å²) in [6, 6.07) is 12.2. The van der Waals surface area contributed by atoms with Crippen LogP contribution in [0.3, 0.4) is 0 Å². The largest absolute Gasteiger partial charge is 0.449 e. The normalized spacial score (nSPS) is 11.6. The zero-order valence-corrected chi connectivity index (χ0v) is 12.6. The van der Waals surface area contributed by atoms with Gasteiger partial charge in [-0.2, -0.15) is 0 Å². The van der Waals surface area contributed by atoms with E-state index in [1.807, 2.05) is 6.07 Å². The lowest BCUT2D eigenvalue weighted by atomic mass is 10.1. The highest BCUT2D eigenvalue weighted by molar-refractivity contribution is 5.99. The highest BCUT2D eigenvalue weighted by Gasteiger charge is 2.23. The van der Waals surface area contributed by atoms with E-state index in [9.17, 15) is 14.0 Å². The van der Waals surface area contributed by atoms with Crippen molar-refractivity contribution in [3.63, 3.8) is 0 Å². The Bertz CT molecular complexity index is 704. The Labute approximate surface area is 133 Å². The number of nitrogen functional groups attached to an aromatic ring is 1. The molecule has 0 aromatic heterocycles. The molecular weight excluding hydrogens is 299 g/mol. The number of para-hydroxylation sites is 1. The average molecular weight is 316 g/mol. The van der Waals surface area contributed by atoms with Gasteiger partial charge in [0.25, 0.3) is 5.91 Å². The number of carbonyl (C=O) groups is 2. The van der Waals surface area contributed by atoms with Crippen LogP contribution in [0, 0.1) is 5.82 Å². The van der Waals surface area contributed by atoms with Crippen molar-refractivity contribution in [3.05, 3.63) is 59.9 Å². The number of hydrogen-bond donors (Lipinski definition) is 2. The number of benzene rings is 2. The van der Waals surface area contributed by atoms with E-state index in [2.05, 4.69) is 5.32 Å². The molecule has 23 heavy (non-hydrogen) atoms. The van der Waals surface area contributed by atoms with Crippen LogP contribution >= 0.6 is 0 Å². The van der Waals surface area contributed by atoms with Crippen molar-refractivity contribution in [2.75, 3.05) is 11.1 Å². The van der Waals surface area contributed by atoms with Gasteiger partial charge in [-0.3, -0.25) is 4.79 Å². The number of nitrogens with one attached hydrogen (secondary N) is 1. The fourth-order valence-electron chi connectivity index (χ4n) is 1.98. The first kappa shape index (κ1) is 16.5. The molecule has 2 rings (SSSR count). The summed E-state index contributed by atoms with van der Waals surface area (Å²) in [6.07, 6.45) is -0.668. The van der Waals surface area contributed by atoms with Gasteiger partial charge in [-0.1, -0.05) is 25.1 Å². The van der Waals surface area contributed by atoms with Gasteiger partial charge in [0.1, 0.15) is 5.82 Å². The SMILES string of the molecule is CCC(OC(=O)c1ccc(F)cc1N)C(=O)Nc1ccccc1. The number of rotatable bonds is 5. The van der Waals surface area contributed by atoms with Gasteiger partial charge in [0.15, 0.2) is 6.10 Å². The molecular formula is C17H17FN2O3. The fraction of sp³-hybridized carbons (Fsp3) is 0.176. The molecule has 3 N–H and O–H groups in total. The van der Waals surface area contributed by atoms with E-state index < -0.39 is 23.8 Å². The Morgan fingerprint density at radius 3 is 2.52 bits per heavy atom. The van der Waals surface area contributed by atoms with Crippen molar-refractivity contribution >= 4 is 23.3 Å². The second kappa shape index (κ2) is 7.40. The van der Waals surface area contributed by atoms with E-state index in [1.54, 1.807) is 31.2 Å². The van der Waals surface area contributed by atoms with Crippen LogP contribution in [-0.4, -0.2) is 18.0 Å². The predicted octanol–water partition coefficient (Wildman–Crippen LogP) is 2.98. The third kappa shape index (κ3) is 4.29. The third-order valence-corrected chi connectivity index (χ3v) is 3.19. The van der Waals surface area contributed by atoms with Crippen LogP contribution in [-0.2, 0) is 9.53 Å². The summed E-state index contributed by atoms with van der Waals surface area (Å²) in [6.45, 7) is 1.72. The molecule has 6 heteroatoms. The molecule has 0 aliphatic heterocycles. The van der Waals surface area contributed by atoms with Crippen molar-refractivity contribution in [1.82, 2.24) is 0 Å². The summed E-state index contributed by atoms with van der Waals surface area (Å²) in [4.78, 5) is 24.3. The van der Waals surface area contributed by atoms with Crippen LogP contribution < -0.4 is 11.1 Å². The van der Waals surface area contributed by atoms with E-state index in [0.29, 0.717) is 12.1 Å². The first-order chi connectivity index (χ1) is 11.0. The van der Waals surface area contributed by atoms with Gasteiger partial charge in [-0.15, -0.1) is 0 Å². The molecule has 0 heterocycles. The standard InChI is InChI=1S/C17H17FN2O3/c1-2-15(16(21)20-12-6-4-3-5-7-12)23-17(22)13-9-8-11(18)10-14(13)19/h3-10,15H,2,19H2,1H3,(H,20,21). The molecule has 0 fully saturated rings. The van der Waals surface area contributed by atoms with Crippen molar-refractivity contribution < 1.29 is 18.7 Å². The second-order valence-corrected chi connectivity index (χ2v) is 4.89. The number of halogens is 1. The lowest BCUT2D eigenvalue weighted by Gasteiger charge is -2.16. The van der Waals surface area contributed by atoms with E-state index in [1.165, 1.54) is 6.07 Å². The zero-order chi connectivity index (χ0) is 16.8. The maximum Gasteiger partial charge on any atom is 0.341 e. The van der Waals surface area contributed by atoms with Crippen LogP contribution in [0.1, 0.15) is 23.7 Å². The van der Waals surface area contributed by atoms with Crippen molar-refractivity contribution in [2.24, 2.45) is 0 Å². The van der Waals surface area contributed by atoms with Gasteiger partial charge in [-0.05, 0) is 36.8 Å². The minimum atomic E-state index is -0.966. The topological polar surface area (TPSA) is 81.4 Å². The number of hydrogen-bond acceptors (Lipinski definition) is 4. The summed E-state index contributed by atoms with van der Waals surface area (Å²) in [5.74, 6) is -1.75. The van der Waals surface area contributed by atoms with Gasteiger partial charge in [0, 0.05) is 11.4 Å². The molecule has 0 spiro atoms. The number of esters is 1. The van der Waals surface area contributed by atoms with Gasteiger partial charge in [0.05, 0.1) is 5.56 Å². The molecule has 0 saturated carbocycles. The molecule has 5 nitrogen and oxygen atoms in total. The fourth-order valence-corrected chi connectivity index (χ4v) is 1.98. The molecule has 1 atom stereocenters. The first-order valence-corrected chi connectivity index (χ1v) is 7.13. The Kier molecular flexibility index (Phi) is 5.30. The molecule has 0 aliphatic rings. The van der Waals surface area contributed by atoms with Crippen LogP contribution in [0.4, 0.5) is 15.8 Å².